The van der Waals surface area contributed by atoms with Crippen LogP contribution in [0.15, 0.2) is 49.6 Å². The molecule has 0 aliphatic carbocycles. The number of benzene rings is 1. The van der Waals surface area contributed by atoms with E-state index in [9.17, 15) is 19.5 Å². The van der Waals surface area contributed by atoms with Crippen molar-refractivity contribution in [2.45, 2.75) is 82.8 Å². The lowest BCUT2D eigenvalue weighted by Gasteiger charge is -2.39. The van der Waals surface area contributed by atoms with Crippen molar-refractivity contribution in [1.29, 1.82) is 0 Å². The second-order valence-corrected chi connectivity index (χ2v) is 12.6. The Kier molecular flexibility index (Phi) is 8.76. The lowest BCUT2D eigenvalue weighted by Crippen LogP contribution is -2.59. The molecule has 11 heteroatoms. The number of nitrogens with zero attached hydrogens (tertiary/aromatic N) is 5. The van der Waals surface area contributed by atoms with Crippen LogP contribution in [-0.4, -0.2) is 90.7 Å². The summed E-state index contributed by atoms with van der Waals surface area (Å²) in [5, 5.41) is 19.0. The molecule has 1 spiro atoms. The van der Waals surface area contributed by atoms with E-state index in [1.165, 1.54) is 4.90 Å². The van der Waals surface area contributed by atoms with Crippen molar-refractivity contribution in [3.05, 3.63) is 49.6 Å². The highest BCUT2D eigenvalue weighted by Crippen LogP contribution is 2.63. The van der Waals surface area contributed by atoms with Gasteiger partial charge >= 0.3 is 5.97 Å². The third-order valence-corrected chi connectivity index (χ3v) is 9.23. The fraction of sp³-hybridized carbons (Fsp3) is 0.594. The van der Waals surface area contributed by atoms with E-state index in [2.05, 4.69) is 23.5 Å². The van der Waals surface area contributed by atoms with Crippen molar-refractivity contribution in [2.75, 3.05) is 19.8 Å². The molecule has 3 fully saturated rings. The molecule has 43 heavy (non-hydrogen) atoms. The molecule has 3 aliphatic rings. The fourth-order valence-corrected chi connectivity index (χ4v) is 7.43. The van der Waals surface area contributed by atoms with Gasteiger partial charge in [-0.3, -0.25) is 14.4 Å². The van der Waals surface area contributed by atoms with Gasteiger partial charge in [-0.1, -0.05) is 43.3 Å². The second-order valence-electron chi connectivity index (χ2n) is 12.6. The molecule has 0 radical (unpaired) electrons. The van der Waals surface area contributed by atoms with Gasteiger partial charge in [0.2, 0.25) is 11.8 Å². The highest BCUT2D eigenvalue weighted by molar-refractivity contribution is 5.98. The van der Waals surface area contributed by atoms with E-state index in [1.807, 2.05) is 45.0 Å². The summed E-state index contributed by atoms with van der Waals surface area (Å²) in [6.07, 6.45) is 6.15. The molecular formula is C32H43N5O6. The van der Waals surface area contributed by atoms with Crippen molar-refractivity contribution in [3.63, 3.8) is 0 Å². The van der Waals surface area contributed by atoms with Crippen molar-refractivity contribution in [2.24, 2.45) is 17.8 Å². The second kappa shape index (κ2) is 12.2. The fourth-order valence-electron chi connectivity index (χ4n) is 7.43. The maximum atomic E-state index is 14.7. The van der Waals surface area contributed by atoms with Gasteiger partial charge < -0.3 is 24.4 Å². The standard InChI is InChI=1S/C32H43N5O6/c1-6-8-11-17-42-30(41)26-25-28(39)37(22(19-38)18-21(3)4)27(32(25)15-14-31(26,5)43-32)29(40)35(16-7-2)20-36-24-13-10-9-12-23(24)33-34-36/h6-7,9-10,12-13,21-22,25-27,38H,1-2,8,11,14-20H2,3-5H3/t22-,25+,26+,27?,31-,32?/m1/s1. The number of allylic oxidation sites excluding steroid dienone is 1. The first-order valence-corrected chi connectivity index (χ1v) is 15.2. The Balaban J connectivity index is 1.54. The van der Waals surface area contributed by atoms with E-state index >= 15 is 0 Å². The molecule has 2 bridgehead atoms. The van der Waals surface area contributed by atoms with Crippen molar-refractivity contribution in [3.8, 4) is 0 Å². The van der Waals surface area contributed by atoms with Gasteiger partial charge in [-0.15, -0.1) is 18.3 Å². The molecule has 232 valence electrons. The normalized spacial score (nSPS) is 28.3. The van der Waals surface area contributed by atoms with E-state index in [0.29, 0.717) is 37.6 Å². The summed E-state index contributed by atoms with van der Waals surface area (Å²) >= 11 is 0. The van der Waals surface area contributed by atoms with E-state index < -0.39 is 41.1 Å². The van der Waals surface area contributed by atoms with Gasteiger partial charge in [0.1, 0.15) is 29.7 Å². The van der Waals surface area contributed by atoms with E-state index in [1.54, 1.807) is 21.7 Å². The number of aliphatic hydroxyl groups is 1. The van der Waals surface area contributed by atoms with E-state index in [4.69, 9.17) is 9.47 Å². The van der Waals surface area contributed by atoms with Crippen LogP contribution in [0.4, 0.5) is 0 Å². The number of carbonyl (C=O) groups is 3. The van der Waals surface area contributed by atoms with Crippen LogP contribution >= 0.6 is 0 Å². The van der Waals surface area contributed by atoms with E-state index in [-0.39, 0.29) is 44.2 Å². The zero-order chi connectivity index (χ0) is 30.9. The molecule has 1 aromatic carbocycles. The van der Waals surface area contributed by atoms with E-state index in [0.717, 1.165) is 5.52 Å². The minimum atomic E-state index is -1.23. The molecular weight excluding hydrogens is 550 g/mol. The number of hydrogen-bond donors (Lipinski definition) is 1. The predicted octanol–water partition coefficient (Wildman–Crippen LogP) is 3.08. The summed E-state index contributed by atoms with van der Waals surface area (Å²) in [6, 6.07) is 5.80. The molecule has 5 rings (SSSR count). The number of unbranched alkanes of at least 4 members (excludes halogenated alkanes) is 1. The number of amides is 2. The Morgan fingerprint density at radius 1 is 1.26 bits per heavy atom. The summed E-state index contributed by atoms with van der Waals surface area (Å²) in [7, 11) is 0. The van der Waals surface area contributed by atoms with Crippen LogP contribution in [0.1, 0.15) is 52.9 Å². The average molecular weight is 594 g/mol. The zero-order valence-electron chi connectivity index (χ0n) is 25.4. The number of esters is 1. The third kappa shape index (κ3) is 5.26. The largest absolute Gasteiger partial charge is 0.465 e. The van der Waals surface area contributed by atoms with Crippen molar-refractivity contribution >= 4 is 28.8 Å². The number of aromatic nitrogens is 3. The third-order valence-electron chi connectivity index (χ3n) is 9.23. The Morgan fingerprint density at radius 2 is 2.02 bits per heavy atom. The van der Waals surface area contributed by atoms with Crippen molar-refractivity contribution in [1.82, 2.24) is 24.8 Å². The van der Waals surface area contributed by atoms with Crippen LogP contribution in [-0.2, 0) is 30.5 Å². The zero-order valence-corrected chi connectivity index (χ0v) is 25.4. The molecule has 3 saturated heterocycles. The van der Waals surface area contributed by atoms with Gasteiger partial charge in [-0.2, -0.15) is 0 Å². The number of rotatable bonds is 14. The van der Waals surface area contributed by atoms with Gasteiger partial charge in [0.15, 0.2) is 0 Å². The number of aliphatic hydroxyl groups excluding tert-OH is 1. The van der Waals surface area contributed by atoms with Gasteiger partial charge in [-0.25, -0.2) is 4.68 Å². The average Bonchev–Trinajstić information content (AvgIpc) is 3.69. The smallest absolute Gasteiger partial charge is 0.312 e. The molecule has 0 saturated carbocycles. The maximum absolute atomic E-state index is 14.7. The molecule has 6 atom stereocenters. The molecule has 2 aromatic rings. The Hall–Kier alpha value is -3.57. The van der Waals surface area contributed by atoms with Gasteiger partial charge in [-0.05, 0) is 57.1 Å². The van der Waals surface area contributed by atoms with Crippen LogP contribution in [0.25, 0.3) is 11.0 Å². The quantitative estimate of drug-likeness (QED) is 0.201. The minimum Gasteiger partial charge on any atom is -0.465 e. The van der Waals surface area contributed by atoms with Crippen LogP contribution in [0.3, 0.4) is 0 Å². The first-order valence-electron chi connectivity index (χ1n) is 15.2. The molecule has 1 aromatic heterocycles. The lowest BCUT2D eigenvalue weighted by atomic mass is 9.66. The minimum absolute atomic E-state index is 0.0741. The van der Waals surface area contributed by atoms with Crippen LogP contribution < -0.4 is 0 Å². The number of para-hydroxylation sites is 1. The van der Waals surface area contributed by atoms with Gasteiger partial charge in [0.25, 0.3) is 0 Å². The predicted molar refractivity (Wildman–Crippen MR) is 159 cm³/mol. The number of ether oxygens (including phenoxy) is 2. The Morgan fingerprint density at radius 3 is 2.72 bits per heavy atom. The Labute approximate surface area is 252 Å². The lowest BCUT2D eigenvalue weighted by molar-refractivity contribution is -0.162. The topological polar surface area (TPSA) is 127 Å². The van der Waals surface area contributed by atoms with Crippen LogP contribution in [0.5, 0.6) is 0 Å². The molecule has 2 unspecified atom stereocenters. The number of carbonyl (C=O) groups excluding carboxylic acids is 3. The highest BCUT2D eigenvalue weighted by Gasteiger charge is 2.79. The summed E-state index contributed by atoms with van der Waals surface area (Å²) in [4.78, 5) is 45.9. The van der Waals surface area contributed by atoms with Crippen molar-refractivity contribution < 1.29 is 29.0 Å². The van der Waals surface area contributed by atoms with Crippen LogP contribution in [0.2, 0.25) is 0 Å². The number of likely N-dealkylation sites (tertiary alicyclic amines) is 1. The molecule has 1 N–H and O–H groups in total. The highest BCUT2D eigenvalue weighted by atomic mass is 16.6. The molecule has 2 amide bonds. The summed E-state index contributed by atoms with van der Waals surface area (Å²) in [5.74, 6) is -2.79. The summed E-state index contributed by atoms with van der Waals surface area (Å²) in [6.45, 7) is 13.6. The number of hydrogen-bond acceptors (Lipinski definition) is 8. The molecule has 11 nitrogen and oxygen atoms in total. The number of fused-ring (bicyclic) bond motifs is 2. The SMILES string of the molecule is C=CCCCOC(=O)[C@@H]1[C@H]2C(=O)N([C@@H](CO)CC(C)C)C(C(=O)N(CC=C)Cn3nnc4ccccc43)C23CC[C@@]1(C)O3. The molecule has 3 aliphatic heterocycles. The molecule has 4 heterocycles. The first kappa shape index (κ1) is 30.9. The van der Waals surface area contributed by atoms with Gasteiger partial charge in [0, 0.05) is 6.54 Å². The van der Waals surface area contributed by atoms with Gasteiger partial charge in [0.05, 0.1) is 36.3 Å². The summed E-state index contributed by atoms with van der Waals surface area (Å²) < 4.78 is 14.0. The summed E-state index contributed by atoms with van der Waals surface area (Å²) in [5.41, 5.74) is -0.722. The maximum Gasteiger partial charge on any atom is 0.312 e. The Bertz CT molecular complexity index is 1390. The van der Waals surface area contributed by atoms with Crippen LogP contribution in [0, 0.1) is 17.8 Å². The first-order chi connectivity index (χ1) is 20.6. The monoisotopic (exact) mass is 593 g/mol.